The molecule has 0 radical (unpaired) electrons. The van der Waals surface area contributed by atoms with E-state index in [-0.39, 0.29) is 12.5 Å². The number of aliphatic hydroxyl groups excluding tert-OH is 6. The highest BCUT2D eigenvalue weighted by atomic mass is 16.8. The highest BCUT2D eigenvalue weighted by Crippen LogP contribution is 2.40. The van der Waals surface area contributed by atoms with Crippen molar-refractivity contribution >= 4 is 0 Å². The summed E-state index contributed by atoms with van der Waals surface area (Å²) in [5, 5.41) is 58.3. The topological polar surface area (TPSA) is 149 Å². The maximum atomic E-state index is 10.0. The van der Waals surface area contributed by atoms with Crippen LogP contribution in [0.5, 0.6) is 0 Å². The summed E-state index contributed by atoms with van der Waals surface area (Å²) in [6, 6.07) is 0. The Labute approximate surface area is 138 Å². The van der Waals surface area contributed by atoms with E-state index < -0.39 is 55.6 Å². The predicted octanol–water partition coefficient (Wildman–Crippen LogP) is -2.80. The minimum Gasteiger partial charge on any atom is -0.472 e. The summed E-state index contributed by atoms with van der Waals surface area (Å²) < 4.78 is 16.3. The van der Waals surface area contributed by atoms with Gasteiger partial charge in [0.15, 0.2) is 6.29 Å². The molecule has 1 fully saturated rings. The predicted molar refractivity (Wildman–Crippen MR) is 77.0 cm³/mol. The van der Waals surface area contributed by atoms with Crippen LogP contribution in [0, 0.1) is 11.8 Å². The quantitative estimate of drug-likeness (QED) is 0.297. The Morgan fingerprint density at radius 2 is 1.75 bits per heavy atom. The van der Waals surface area contributed by atoms with Crippen molar-refractivity contribution in [2.24, 2.45) is 11.8 Å². The standard InChI is InChI=1S/C15H22O9/c16-4-6-3-8(18)7-1-2-22-14(10(6)7)24-15-13(21)12(20)11(19)9(5-17)23-15/h1-3,7-21H,4-5H2/t7-,8?,9+,10-,11+,12-,13+,14?,15-/m0/s1. The average molecular weight is 346 g/mol. The fraction of sp³-hybridized carbons (Fsp3) is 0.733. The monoisotopic (exact) mass is 346 g/mol. The van der Waals surface area contributed by atoms with Gasteiger partial charge in [-0.15, -0.1) is 0 Å². The normalized spacial score (nSPS) is 47.9. The number of hydrogen-bond donors (Lipinski definition) is 6. The van der Waals surface area contributed by atoms with Crippen molar-refractivity contribution in [3.05, 3.63) is 24.0 Å². The van der Waals surface area contributed by atoms with Crippen LogP contribution in [0.15, 0.2) is 24.0 Å². The molecule has 3 aliphatic rings. The van der Waals surface area contributed by atoms with Crippen LogP contribution in [0.2, 0.25) is 0 Å². The molecule has 0 aromatic carbocycles. The van der Waals surface area contributed by atoms with Gasteiger partial charge >= 0.3 is 0 Å². The molecule has 0 aromatic heterocycles. The maximum absolute atomic E-state index is 10.0. The highest BCUT2D eigenvalue weighted by molar-refractivity contribution is 5.25. The van der Waals surface area contributed by atoms with E-state index in [9.17, 15) is 30.6 Å². The van der Waals surface area contributed by atoms with E-state index in [1.165, 1.54) is 12.3 Å². The molecule has 0 bridgehead atoms. The van der Waals surface area contributed by atoms with E-state index in [1.807, 2.05) is 0 Å². The largest absolute Gasteiger partial charge is 0.472 e. The van der Waals surface area contributed by atoms with Crippen molar-refractivity contribution in [3.8, 4) is 0 Å². The Bertz CT molecular complexity index is 505. The number of ether oxygens (including phenoxy) is 3. The van der Waals surface area contributed by atoms with E-state index >= 15 is 0 Å². The Balaban J connectivity index is 1.75. The van der Waals surface area contributed by atoms with Gasteiger partial charge in [0, 0.05) is 5.92 Å². The van der Waals surface area contributed by atoms with Gasteiger partial charge in [-0.2, -0.15) is 0 Å². The molecule has 1 aliphatic carbocycles. The molecule has 0 saturated carbocycles. The Morgan fingerprint density at radius 3 is 2.42 bits per heavy atom. The molecule has 136 valence electrons. The van der Waals surface area contributed by atoms with E-state index in [2.05, 4.69) is 0 Å². The van der Waals surface area contributed by atoms with Crippen LogP contribution in [-0.4, -0.2) is 87.0 Å². The first-order valence-electron chi connectivity index (χ1n) is 7.75. The van der Waals surface area contributed by atoms with Crippen molar-refractivity contribution in [2.45, 2.75) is 43.1 Å². The molecule has 2 unspecified atom stereocenters. The number of fused-ring (bicyclic) bond motifs is 1. The van der Waals surface area contributed by atoms with Crippen LogP contribution in [0.25, 0.3) is 0 Å². The molecule has 0 amide bonds. The van der Waals surface area contributed by atoms with Crippen LogP contribution >= 0.6 is 0 Å². The second-order valence-electron chi connectivity index (χ2n) is 6.16. The van der Waals surface area contributed by atoms with Gasteiger partial charge in [-0.3, -0.25) is 0 Å². The summed E-state index contributed by atoms with van der Waals surface area (Å²) >= 11 is 0. The lowest BCUT2D eigenvalue weighted by molar-refractivity contribution is -0.339. The van der Waals surface area contributed by atoms with Crippen molar-refractivity contribution in [3.63, 3.8) is 0 Å². The number of hydrogen-bond acceptors (Lipinski definition) is 9. The summed E-state index contributed by atoms with van der Waals surface area (Å²) in [4.78, 5) is 0. The summed E-state index contributed by atoms with van der Waals surface area (Å²) in [5.41, 5.74) is 0.534. The maximum Gasteiger partial charge on any atom is 0.209 e. The third kappa shape index (κ3) is 2.98. The Kier molecular flexibility index (Phi) is 5.23. The van der Waals surface area contributed by atoms with Crippen molar-refractivity contribution in [1.82, 2.24) is 0 Å². The average Bonchev–Trinajstić information content (AvgIpc) is 2.92. The van der Waals surface area contributed by atoms with E-state index in [1.54, 1.807) is 6.08 Å². The van der Waals surface area contributed by atoms with Gasteiger partial charge in [0.25, 0.3) is 0 Å². The first-order valence-corrected chi connectivity index (χ1v) is 7.75. The van der Waals surface area contributed by atoms with Gasteiger partial charge < -0.3 is 44.8 Å². The second kappa shape index (κ2) is 7.06. The van der Waals surface area contributed by atoms with Crippen molar-refractivity contribution < 1.29 is 44.8 Å². The van der Waals surface area contributed by atoms with E-state index in [0.29, 0.717) is 5.57 Å². The zero-order chi connectivity index (χ0) is 17.4. The summed E-state index contributed by atoms with van der Waals surface area (Å²) in [7, 11) is 0. The number of aliphatic hydroxyl groups is 6. The van der Waals surface area contributed by atoms with Gasteiger partial charge in [0.2, 0.25) is 6.29 Å². The van der Waals surface area contributed by atoms with Crippen LogP contribution in [0.4, 0.5) is 0 Å². The summed E-state index contributed by atoms with van der Waals surface area (Å²) in [6.07, 6.45) is -4.27. The number of rotatable bonds is 4. The third-order valence-electron chi connectivity index (χ3n) is 4.73. The molecule has 24 heavy (non-hydrogen) atoms. The molecule has 9 atom stereocenters. The van der Waals surface area contributed by atoms with E-state index in [0.717, 1.165) is 0 Å². The minimum atomic E-state index is -1.56. The zero-order valence-electron chi connectivity index (χ0n) is 12.8. The van der Waals surface area contributed by atoms with Gasteiger partial charge in [-0.25, -0.2) is 0 Å². The lowest BCUT2D eigenvalue weighted by Crippen LogP contribution is -2.60. The van der Waals surface area contributed by atoms with Crippen LogP contribution in [-0.2, 0) is 14.2 Å². The second-order valence-corrected chi connectivity index (χ2v) is 6.16. The molecule has 0 spiro atoms. The summed E-state index contributed by atoms with van der Waals surface area (Å²) in [6.45, 7) is -0.854. The van der Waals surface area contributed by atoms with Gasteiger partial charge in [-0.1, -0.05) is 6.08 Å². The molecule has 9 nitrogen and oxygen atoms in total. The SMILES string of the molecule is OCC1=CC(O)[C@@H]2C=COC(O[C@@H]3O[C@H](CO)[C@@H](O)[C@H](O)[C@H]3O)[C@@H]12. The molecule has 3 rings (SSSR count). The van der Waals surface area contributed by atoms with Gasteiger partial charge in [0.1, 0.15) is 24.4 Å². The zero-order valence-corrected chi connectivity index (χ0v) is 12.8. The molecule has 6 N–H and O–H groups in total. The van der Waals surface area contributed by atoms with Crippen LogP contribution in [0.1, 0.15) is 0 Å². The fourth-order valence-electron chi connectivity index (χ4n) is 3.38. The fourth-order valence-corrected chi connectivity index (χ4v) is 3.38. The van der Waals surface area contributed by atoms with Crippen molar-refractivity contribution in [2.75, 3.05) is 13.2 Å². The minimum absolute atomic E-state index is 0.288. The molecule has 2 aliphatic heterocycles. The molecule has 0 aromatic rings. The molecular weight excluding hydrogens is 324 g/mol. The van der Waals surface area contributed by atoms with Crippen molar-refractivity contribution in [1.29, 1.82) is 0 Å². The van der Waals surface area contributed by atoms with Gasteiger partial charge in [0.05, 0.1) is 31.5 Å². The lowest BCUT2D eigenvalue weighted by Gasteiger charge is -2.42. The van der Waals surface area contributed by atoms with Crippen LogP contribution < -0.4 is 0 Å². The summed E-state index contributed by atoms with van der Waals surface area (Å²) in [5.74, 6) is -0.835. The van der Waals surface area contributed by atoms with Crippen LogP contribution in [0.3, 0.4) is 0 Å². The first-order chi connectivity index (χ1) is 11.5. The third-order valence-corrected chi connectivity index (χ3v) is 4.73. The molecular formula is C15H22O9. The highest BCUT2D eigenvalue weighted by Gasteiger charge is 2.49. The van der Waals surface area contributed by atoms with E-state index in [4.69, 9.17) is 14.2 Å². The molecule has 1 saturated heterocycles. The Morgan fingerprint density at radius 1 is 1.00 bits per heavy atom. The van der Waals surface area contributed by atoms with Gasteiger partial charge in [-0.05, 0) is 11.6 Å². The lowest BCUT2D eigenvalue weighted by atomic mass is 9.88. The Hall–Kier alpha value is -1.04. The molecule has 2 heterocycles. The smallest absolute Gasteiger partial charge is 0.209 e. The molecule has 9 heteroatoms. The first kappa shape index (κ1) is 17.8.